The summed E-state index contributed by atoms with van der Waals surface area (Å²) >= 11 is 0. The van der Waals surface area contributed by atoms with Crippen LogP contribution in [0.25, 0.3) is 10.8 Å². The molecule has 0 aliphatic carbocycles. The predicted octanol–water partition coefficient (Wildman–Crippen LogP) is 2.93. The largest absolute Gasteiger partial charge is 0.480 e. The number of imide groups is 1. The van der Waals surface area contributed by atoms with Crippen LogP contribution in [0, 0.1) is 5.41 Å². The molecule has 1 aliphatic heterocycles. The SMILES string of the molecule is C[C@]1(c2ccc(C(=N)N)cc2)C(=O)N(CC(=O)O)C(=O)N1CCc1cccc2ccccc12. The summed E-state index contributed by atoms with van der Waals surface area (Å²) in [6.45, 7) is 1.14. The summed E-state index contributed by atoms with van der Waals surface area (Å²) in [4.78, 5) is 40.1. The van der Waals surface area contributed by atoms with Crippen molar-refractivity contribution in [3.8, 4) is 0 Å². The van der Waals surface area contributed by atoms with Crippen LogP contribution in [0.15, 0.2) is 66.7 Å². The zero-order chi connectivity index (χ0) is 23.8. The predicted molar refractivity (Wildman–Crippen MR) is 124 cm³/mol. The molecule has 8 nitrogen and oxygen atoms in total. The maximum Gasteiger partial charge on any atom is 0.328 e. The van der Waals surface area contributed by atoms with Crippen LogP contribution in [-0.2, 0) is 21.5 Å². The van der Waals surface area contributed by atoms with Crippen molar-refractivity contribution in [3.63, 3.8) is 0 Å². The van der Waals surface area contributed by atoms with Crippen LogP contribution >= 0.6 is 0 Å². The van der Waals surface area contributed by atoms with E-state index in [2.05, 4.69) is 0 Å². The third-order valence-corrected chi connectivity index (χ3v) is 6.20. The summed E-state index contributed by atoms with van der Waals surface area (Å²) in [5.41, 5.74) is 6.20. The Kier molecular flexibility index (Phi) is 5.59. The molecule has 1 aliphatic rings. The molecule has 1 heterocycles. The lowest BCUT2D eigenvalue weighted by molar-refractivity contribution is -0.143. The minimum Gasteiger partial charge on any atom is -0.480 e. The number of rotatable bonds is 7. The van der Waals surface area contributed by atoms with Crippen LogP contribution < -0.4 is 5.73 Å². The van der Waals surface area contributed by atoms with E-state index in [0.29, 0.717) is 17.5 Å². The van der Waals surface area contributed by atoms with E-state index in [4.69, 9.17) is 11.1 Å². The van der Waals surface area contributed by atoms with Crippen LogP contribution in [0.2, 0.25) is 0 Å². The Morgan fingerprint density at radius 2 is 1.70 bits per heavy atom. The summed E-state index contributed by atoms with van der Waals surface area (Å²) in [5, 5.41) is 19.0. The molecule has 33 heavy (non-hydrogen) atoms. The topological polar surface area (TPSA) is 128 Å². The first kappa shape index (κ1) is 22.0. The van der Waals surface area contributed by atoms with E-state index < -0.39 is 30.0 Å². The quantitative estimate of drug-likeness (QED) is 0.293. The van der Waals surface area contributed by atoms with Crippen LogP contribution in [0.4, 0.5) is 4.79 Å². The van der Waals surface area contributed by atoms with Crippen molar-refractivity contribution >= 4 is 34.5 Å². The maximum atomic E-state index is 13.4. The monoisotopic (exact) mass is 444 g/mol. The number of benzene rings is 3. The standard InChI is InChI=1S/C25H24N4O4/c1-25(19-11-9-18(10-12-19)22(26)27)23(32)28(15-21(30)31)24(33)29(25)14-13-17-7-4-6-16-5-2-3-8-20(16)17/h2-12H,13-15H2,1H3,(H3,26,27)(H,30,31)/t25-/m0/s1. The van der Waals surface area contributed by atoms with Crippen molar-refractivity contribution < 1.29 is 19.5 Å². The second kappa shape index (κ2) is 8.38. The van der Waals surface area contributed by atoms with Gasteiger partial charge in [0.2, 0.25) is 0 Å². The number of carboxylic acids is 1. The highest BCUT2D eigenvalue weighted by atomic mass is 16.4. The smallest absolute Gasteiger partial charge is 0.328 e. The number of nitrogens with two attached hydrogens (primary N) is 1. The Labute approximate surface area is 190 Å². The molecule has 0 spiro atoms. The van der Waals surface area contributed by atoms with E-state index >= 15 is 0 Å². The summed E-state index contributed by atoms with van der Waals surface area (Å²) in [6, 6.07) is 19.8. The number of fused-ring (bicyclic) bond motifs is 1. The lowest BCUT2D eigenvalue weighted by atomic mass is 9.89. The van der Waals surface area contributed by atoms with Gasteiger partial charge in [0.05, 0.1) is 0 Å². The van der Waals surface area contributed by atoms with E-state index in [0.717, 1.165) is 21.2 Å². The minimum absolute atomic E-state index is 0.110. The van der Waals surface area contributed by atoms with Crippen molar-refractivity contribution in [3.05, 3.63) is 83.4 Å². The van der Waals surface area contributed by atoms with E-state index in [1.807, 2.05) is 42.5 Å². The molecular formula is C25H24N4O4. The van der Waals surface area contributed by atoms with Crippen molar-refractivity contribution in [1.82, 2.24) is 9.80 Å². The van der Waals surface area contributed by atoms with Gasteiger partial charge in [0.15, 0.2) is 0 Å². The van der Waals surface area contributed by atoms with Crippen molar-refractivity contribution in [2.24, 2.45) is 5.73 Å². The Balaban J connectivity index is 1.72. The number of nitrogens with one attached hydrogen (secondary N) is 1. The molecule has 168 valence electrons. The number of carbonyl (C=O) groups excluding carboxylic acids is 2. The third-order valence-electron chi connectivity index (χ3n) is 6.20. The van der Waals surface area contributed by atoms with Gasteiger partial charge in [-0.25, -0.2) is 4.79 Å². The lowest BCUT2D eigenvalue weighted by Crippen LogP contribution is -2.45. The van der Waals surface area contributed by atoms with Crippen LogP contribution in [0.5, 0.6) is 0 Å². The number of nitrogens with zero attached hydrogens (tertiary/aromatic N) is 2. The van der Waals surface area contributed by atoms with Gasteiger partial charge in [-0.05, 0) is 35.2 Å². The molecule has 4 N–H and O–H groups in total. The number of hydrogen-bond acceptors (Lipinski definition) is 4. The number of carbonyl (C=O) groups is 3. The zero-order valence-corrected chi connectivity index (χ0v) is 18.1. The molecule has 0 radical (unpaired) electrons. The fraction of sp³-hybridized carbons (Fsp3) is 0.200. The highest BCUT2D eigenvalue weighted by Crippen LogP contribution is 2.37. The van der Waals surface area contributed by atoms with Crippen molar-refractivity contribution in [2.45, 2.75) is 18.9 Å². The molecule has 4 rings (SSSR count). The van der Waals surface area contributed by atoms with E-state index in [9.17, 15) is 19.5 Å². The van der Waals surface area contributed by atoms with Gasteiger partial charge in [0.1, 0.15) is 17.9 Å². The molecule has 3 amide bonds. The highest BCUT2D eigenvalue weighted by molar-refractivity contribution is 6.09. The van der Waals surface area contributed by atoms with Crippen LogP contribution in [-0.4, -0.2) is 51.7 Å². The highest BCUT2D eigenvalue weighted by Gasteiger charge is 2.55. The summed E-state index contributed by atoms with van der Waals surface area (Å²) < 4.78 is 0. The van der Waals surface area contributed by atoms with Gasteiger partial charge in [-0.3, -0.25) is 19.9 Å². The molecular weight excluding hydrogens is 420 g/mol. The average molecular weight is 444 g/mol. The molecule has 3 aromatic carbocycles. The molecule has 1 atom stereocenters. The summed E-state index contributed by atoms with van der Waals surface area (Å²) in [6.07, 6.45) is 0.488. The maximum absolute atomic E-state index is 13.4. The Hall–Kier alpha value is -4.20. The average Bonchev–Trinajstić information content (AvgIpc) is 2.98. The molecule has 0 saturated carbocycles. The molecule has 1 saturated heterocycles. The van der Waals surface area contributed by atoms with Gasteiger partial charge in [0, 0.05) is 12.1 Å². The fourth-order valence-electron chi connectivity index (χ4n) is 4.39. The number of aliphatic carboxylic acids is 1. The normalized spacial score (nSPS) is 18.2. The number of amidine groups is 1. The Morgan fingerprint density at radius 3 is 2.36 bits per heavy atom. The van der Waals surface area contributed by atoms with E-state index in [1.165, 1.54) is 4.90 Å². The van der Waals surface area contributed by atoms with E-state index in [1.54, 1.807) is 31.2 Å². The van der Waals surface area contributed by atoms with Crippen LogP contribution in [0.1, 0.15) is 23.6 Å². The van der Waals surface area contributed by atoms with Crippen LogP contribution in [0.3, 0.4) is 0 Å². The molecule has 8 heteroatoms. The van der Waals surface area contributed by atoms with Gasteiger partial charge in [-0.15, -0.1) is 0 Å². The Bertz CT molecular complexity index is 1270. The number of amides is 3. The molecule has 0 bridgehead atoms. The fourth-order valence-corrected chi connectivity index (χ4v) is 4.39. The molecule has 1 fully saturated rings. The zero-order valence-electron chi connectivity index (χ0n) is 18.1. The first-order valence-corrected chi connectivity index (χ1v) is 10.5. The first-order valence-electron chi connectivity index (χ1n) is 10.5. The molecule has 0 aromatic heterocycles. The third kappa shape index (κ3) is 3.80. The Morgan fingerprint density at radius 1 is 1.03 bits per heavy atom. The van der Waals surface area contributed by atoms with Crippen molar-refractivity contribution in [1.29, 1.82) is 5.41 Å². The second-order valence-corrected chi connectivity index (χ2v) is 8.17. The van der Waals surface area contributed by atoms with Gasteiger partial charge >= 0.3 is 12.0 Å². The first-order chi connectivity index (χ1) is 15.7. The molecule has 3 aromatic rings. The van der Waals surface area contributed by atoms with E-state index in [-0.39, 0.29) is 12.4 Å². The second-order valence-electron chi connectivity index (χ2n) is 8.17. The van der Waals surface area contributed by atoms with Gasteiger partial charge in [-0.2, -0.15) is 0 Å². The van der Waals surface area contributed by atoms with Gasteiger partial charge in [-0.1, -0.05) is 66.7 Å². The number of carboxylic acid groups (broad SMARTS) is 1. The summed E-state index contributed by atoms with van der Waals surface area (Å²) in [7, 11) is 0. The summed E-state index contributed by atoms with van der Waals surface area (Å²) in [5.74, 6) is -1.97. The number of nitrogen functional groups attached to an aromatic ring is 1. The van der Waals surface area contributed by atoms with Gasteiger partial charge in [0.25, 0.3) is 5.91 Å². The lowest BCUT2D eigenvalue weighted by Gasteiger charge is -2.32. The van der Waals surface area contributed by atoms with Gasteiger partial charge < -0.3 is 15.7 Å². The minimum atomic E-state index is -1.38. The van der Waals surface area contributed by atoms with Crippen molar-refractivity contribution in [2.75, 3.05) is 13.1 Å². The number of urea groups is 1. The number of hydrogen-bond donors (Lipinski definition) is 3. The molecule has 0 unspecified atom stereocenters.